The quantitative estimate of drug-likeness (QED) is 0.657. The number of likely N-dealkylation sites (tertiary alicyclic amines) is 1. The summed E-state index contributed by atoms with van der Waals surface area (Å²) in [6.07, 6.45) is -1.23. The first-order valence-corrected chi connectivity index (χ1v) is 11.7. The van der Waals surface area contributed by atoms with E-state index in [1.165, 1.54) is 13.0 Å². The van der Waals surface area contributed by atoms with Crippen molar-refractivity contribution >= 4 is 23.4 Å². The number of alkyl halides is 3. The molecule has 0 aromatic heterocycles. The topological polar surface area (TPSA) is 106 Å². The van der Waals surface area contributed by atoms with Gasteiger partial charge in [-0.05, 0) is 55.7 Å². The van der Waals surface area contributed by atoms with Gasteiger partial charge >= 0.3 is 6.18 Å². The number of hydrogen-bond donors (Lipinski definition) is 2. The Labute approximate surface area is 201 Å². The Morgan fingerprint density at radius 2 is 1.89 bits per heavy atom. The molecule has 2 aliphatic heterocycles. The van der Waals surface area contributed by atoms with Crippen LogP contribution < -0.4 is 15.5 Å². The summed E-state index contributed by atoms with van der Waals surface area (Å²) < 4.78 is 40.8. The molecule has 4 rings (SSSR count). The lowest BCUT2D eigenvalue weighted by molar-refractivity contribution is -0.137. The fraction of sp³-hybridized carbons (Fsp3) is 0.583. The largest absolute Gasteiger partial charge is 0.417 e. The molecule has 1 aromatic rings. The zero-order chi connectivity index (χ0) is 25.4. The number of carbonyl (C=O) groups is 3. The van der Waals surface area contributed by atoms with E-state index in [0.29, 0.717) is 38.9 Å². The molecular weight excluding hydrogens is 463 g/mol. The lowest BCUT2D eigenvalue weighted by atomic mass is 9.76. The predicted octanol–water partition coefficient (Wildman–Crippen LogP) is 2.18. The lowest BCUT2D eigenvalue weighted by Crippen LogP contribution is -2.47. The van der Waals surface area contributed by atoms with E-state index >= 15 is 0 Å². The Balaban J connectivity index is 1.55. The molecular formula is C24H28F3N5O3. The summed E-state index contributed by atoms with van der Waals surface area (Å²) >= 11 is 0. The number of rotatable bonds is 5. The van der Waals surface area contributed by atoms with Gasteiger partial charge in [-0.15, -0.1) is 0 Å². The highest BCUT2D eigenvalue weighted by Gasteiger charge is 2.49. The molecule has 3 amide bonds. The number of nitrogens with one attached hydrogen (secondary N) is 2. The average molecular weight is 492 g/mol. The predicted molar refractivity (Wildman–Crippen MR) is 120 cm³/mol. The van der Waals surface area contributed by atoms with Gasteiger partial charge < -0.3 is 20.4 Å². The molecule has 0 radical (unpaired) electrons. The minimum atomic E-state index is -4.69. The van der Waals surface area contributed by atoms with E-state index < -0.39 is 23.3 Å². The molecule has 11 heteroatoms. The molecule has 1 aliphatic carbocycles. The van der Waals surface area contributed by atoms with Gasteiger partial charge in [0, 0.05) is 38.3 Å². The Morgan fingerprint density at radius 1 is 1.20 bits per heavy atom. The second-order valence-corrected chi connectivity index (χ2v) is 9.76. The third-order valence-corrected chi connectivity index (χ3v) is 7.16. The van der Waals surface area contributed by atoms with E-state index in [1.54, 1.807) is 15.9 Å². The van der Waals surface area contributed by atoms with Gasteiger partial charge in [-0.1, -0.05) is 0 Å². The number of hydrogen-bond acceptors (Lipinski definition) is 5. The van der Waals surface area contributed by atoms with Gasteiger partial charge in [0.15, 0.2) is 0 Å². The van der Waals surface area contributed by atoms with Crippen LogP contribution in [0.5, 0.6) is 0 Å². The Hall–Kier alpha value is -3.29. The highest BCUT2D eigenvalue weighted by Crippen LogP contribution is 2.46. The summed E-state index contributed by atoms with van der Waals surface area (Å²) in [5, 5.41) is 14.6. The summed E-state index contributed by atoms with van der Waals surface area (Å²) in [5.74, 6) is -0.676. The fourth-order valence-electron chi connectivity index (χ4n) is 5.03. The van der Waals surface area contributed by atoms with Gasteiger partial charge in [0.25, 0.3) is 0 Å². The number of benzene rings is 1. The molecule has 35 heavy (non-hydrogen) atoms. The maximum absolute atomic E-state index is 13.6. The molecule has 1 unspecified atom stereocenters. The van der Waals surface area contributed by atoms with E-state index in [4.69, 9.17) is 5.26 Å². The molecule has 1 atom stereocenters. The number of carbonyl (C=O) groups excluding carboxylic acids is 3. The molecule has 2 saturated heterocycles. The zero-order valence-corrected chi connectivity index (χ0v) is 19.5. The smallest absolute Gasteiger partial charge is 0.359 e. The van der Waals surface area contributed by atoms with Gasteiger partial charge in [0.1, 0.15) is 6.04 Å². The Morgan fingerprint density at radius 3 is 2.46 bits per heavy atom. The van der Waals surface area contributed by atoms with Crippen LogP contribution in [0.25, 0.3) is 0 Å². The van der Waals surface area contributed by atoms with E-state index in [0.717, 1.165) is 25.0 Å². The van der Waals surface area contributed by atoms with Crippen molar-refractivity contribution in [2.24, 2.45) is 5.41 Å². The molecule has 1 saturated carbocycles. The Bertz CT molecular complexity index is 1060. The van der Waals surface area contributed by atoms with Crippen LogP contribution in [0.15, 0.2) is 18.2 Å². The summed E-state index contributed by atoms with van der Waals surface area (Å²) in [6, 6.07) is 4.66. The van der Waals surface area contributed by atoms with Crippen LogP contribution >= 0.6 is 0 Å². The number of nitriles is 1. The van der Waals surface area contributed by atoms with E-state index in [2.05, 4.69) is 10.6 Å². The molecule has 1 spiro atoms. The van der Waals surface area contributed by atoms with Crippen molar-refractivity contribution in [1.29, 1.82) is 5.26 Å². The van der Waals surface area contributed by atoms with Crippen LogP contribution in [0.1, 0.15) is 50.2 Å². The van der Waals surface area contributed by atoms with Crippen molar-refractivity contribution in [3.63, 3.8) is 0 Å². The highest BCUT2D eigenvalue weighted by atomic mass is 19.4. The van der Waals surface area contributed by atoms with Crippen molar-refractivity contribution < 1.29 is 27.6 Å². The monoisotopic (exact) mass is 491 g/mol. The molecule has 8 nitrogen and oxygen atoms in total. The van der Waals surface area contributed by atoms with Crippen molar-refractivity contribution in [1.82, 2.24) is 15.5 Å². The second-order valence-electron chi connectivity index (χ2n) is 9.76. The first kappa shape index (κ1) is 24.8. The molecule has 3 aliphatic rings. The van der Waals surface area contributed by atoms with Crippen LogP contribution in [0.4, 0.5) is 18.9 Å². The van der Waals surface area contributed by atoms with Gasteiger partial charge in [-0.2, -0.15) is 18.4 Å². The van der Waals surface area contributed by atoms with E-state index in [9.17, 15) is 27.6 Å². The first-order chi connectivity index (χ1) is 16.5. The minimum Gasteiger partial charge on any atom is -0.359 e. The number of anilines is 1. The van der Waals surface area contributed by atoms with Crippen molar-refractivity contribution in [3.05, 3.63) is 29.3 Å². The Kier molecular flexibility index (Phi) is 6.66. The average Bonchev–Trinajstić information content (AvgIpc) is 3.55. The summed E-state index contributed by atoms with van der Waals surface area (Å²) in [5.41, 5.74) is -1.55. The van der Waals surface area contributed by atoms with Gasteiger partial charge in [0.05, 0.1) is 23.7 Å². The molecule has 0 bridgehead atoms. The maximum atomic E-state index is 13.6. The molecule has 2 heterocycles. The number of piperidine rings is 1. The maximum Gasteiger partial charge on any atom is 0.417 e. The highest BCUT2D eigenvalue weighted by molar-refractivity contribution is 5.87. The number of nitrogens with zero attached hydrogens (tertiary/aromatic N) is 3. The minimum absolute atomic E-state index is 0.0770. The third kappa shape index (κ3) is 5.52. The van der Waals surface area contributed by atoms with E-state index in [1.807, 2.05) is 0 Å². The number of amides is 3. The first-order valence-electron chi connectivity index (χ1n) is 11.7. The summed E-state index contributed by atoms with van der Waals surface area (Å²) in [6.45, 7) is 2.54. The molecule has 1 aromatic carbocycles. The molecule has 2 N–H and O–H groups in total. The number of halogens is 3. The van der Waals surface area contributed by atoms with Gasteiger partial charge in [-0.25, -0.2) is 0 Å². The van der Waals surface area contributed by atoms with Crippen molar-refractivity contribution in [2.75, 3.05) is 31.1 Å². The summed E-state index contributed by atoms with van der Waals surface area (Å²) in [4.78, 5) is 40.0. The van der Waals surface area contributed by atoms with Crippen LogP contribution in [0.3, 0.4) is 0 Å². The van der Waals surface area contributed by atoms with Crippen LogP contribution in [-0.4, -0.2) is 60.9 Å². The zero-order valence-electron chi connectivity index (χ0n) is 19.5. The SMILES string of the molecule is CC(=O)NCC(=O)N1CCC2(CC1)CC(C(=O)NC1CC1)N(c1ccc(C#N)c(C(F)(F)F)c1)C2. The fourth-order valence-corrected chi connectivity index (χ4v) is 5.03. The second kappa shape index (κ2) is 9.40. The standard InChI is InChI=1S/C24H28F3N5O3/c1-15(33)29-13-21(34)31-8-6-23(7-9-31)11-20(22(35)30-17-3-4-17)32(14-23)18-5-2-16(12-28)19(10-18)24(25,26)27/h2,5,10,17,20H,3-4,6-9,11,13-14H2,1H3,(H,29,33)(H,30,35). The molecule has 3 fully saturated rings. The van der Waals surface area contributed by atoms with Crippen LogP contribution in [0.2, 0.25) is 0 Å². The van der Waals surface area contributed by atoms with Crippen molar-refractivity contribution in [2.45, 2.75) is 57.3 Å². The van der Waals surface area contributed by atoms with Crippen LogP contribution in [0, 0.1) is 16.7 Å². The third-order valence-electron chi connectivity index (χ3n) is 7.16. The van der Waals surface area contributed by atoms with Gasteiger partial charge in [0.2, 0.25) is 17.7 Å². The lowest BCUT2D eigenvalue weighted by Gasteiger charge is -2.39. The van der Waals surface area contributed by atoms with Gasteiger partial charge in [-0.3, -0.25) is 14.4 Å². The molecule has 188 valence electrons. The van der Waals surface area contributed by atoms with E-state index in [-0.39, 0.29) is 41.4 Å². The summed E-state index contributed by atoms with van der Waals surface area (Å²) in [7, 11) is 0. The normalized spacial score (nSPS) is 21.5. The van der Waals surface area contributed by atoms with Crippen LogP contribution in [-0.2, 0) is 20.6 Å². The van der Waals surface area contributed by atoms with Crippen molar-refractivity contribution in [3.8, 4) is 6.07 Å².